The van der Waals surface area contributed by atoms with Crippen LogP contribution in [-0.2, 0) is 80.8 Å². The van der Waals surface area contributed by atoms with E-state index in [-0.39, 0.29) is 48.7 Å². The van der Waals surface area contributed by atoms with Gasteiger partial charge >= 0.3 is 0 Å². The summed E-state index contributed by atoms with van der Waals surface area (Å²) in [7, 11) is 0. The van der Waals surface area contributed by atoms with Crippen molar-refractivity contribution in [1.29, 1.82) is 0 Å². The van der Waals surface area contributed by atoms with Crippen LogP contribution in [0.4, 0.5) is 11.5 Å². The van der Waals surface area contributed by atoms with Crippen LogP contribution in [0.1, 0.15) is 356 Å². The fourth-order valence-corrected chi connectivity index (χ4v) is 13.8. The Morgan fingerprint density at radius 1 is 0.328 bits per heavy atom. The van der Waals surface area contributed by atoms with E-state index in [0.717, 1.165) is 43.6 Å². The minimum atomic E-state index is 0.140. The number of aromatic nitrogens is 6. The number of rotatable bonds is 10. The number of benzene rings is 3. The largest absolute Gasteiger partial charge is 0.372 e. The second-order valence-electron chi connectivity index (χ2n) is 42.1. The van der Waals surface area contributed by atoms with Crippen LogP contribution in [0.25, 0.3) is 6.08 Å². The molecule has 0 spiro atoms. The minimum absolute atomic E-state index is 0.140. The number of hydrogen-bond acceptors (Lipinski definition) is 8. The molecule has 8 heteroatoms. The van der Waals surface area contributed by atoms with Gasteiger partial charge in [-0.15, -0.1) is 0 Å². The number of allylic oxidation sites excluding steroid dienone is 1. The van der Waals surface area contributed by atoms with Gasteiger partial charge in [0.15, 0.2) is 0 Å². The third kappa shape index (κ3) is 35.2. The van der Waals surface area contributed by atoms with E-state index >= 15 is 0 Å². The maximum atomic E-state index is 4.50. The van der Waals surface area contributed by atoms with Gasteiger partial charge in [-0.2, -0.15) is 0 Å². The third-order valence-electron chi connectivity index (χ3n) is 21.3. The first-order valence-electron chi connectivity index (χ1n) is 44.2. The molecular weight excluding hydrogens is 1410 g/mol. The number of anilines is 2. The molecule has 0 saturated carbocycles. The molecule has 3 aliphatic rings. The van der Waals surface area contributed by atoms with Crippen LogP contribution in [0, 0.1) is 5.92 Å². The molecule has 0 unspecified atom stereocenters. The van der Waals surface area contributed by atoms with Crippen molar-refractivity contribution < 1.29 is 0 Å². The van der Waals surface area contributed by atoms with E-state index in [4.69, 9.17) is 0 Å². The molecule has 0 bridgehead atoms. The molecule has 0 radical (unpaired) electrons. The lowest BCUT2D eigenvalue weighted by molar-refractivity contribution is 0.552. The summed E-state index contributed by atoms with van der Waals surface area (Å²) < 4.78 is 0. The van der Waals surface area contributed by atoms with Crippen LogP contribution < -0.4 is 9.80 Å². The summed E-state index contributed by atoms with van der Waals surface area (Å²) in [6.45, 7) is 74.1. The number of fused-ring (bicyclic) bond motifs is 1. The van der Waals surface area contributed by atoms with Crippen LogP contribution in [0.15, 0.2) is 189 Å². The lowest BCUT2D eigenvalue weighted by Crippen LogP contribution is -2.30. The molecule has 1 aliphatic carbocycles. The molecule has 8 nitrogen and oxygen atoms in total. The lowest BCUT2D eigenvalue weighted by Gasteiger charge is -2.30. The van der Waals surface area contributed by atoms with Crippen molar-refractivity contribution in [3.63, 3.8) is 0 Å². The molecule has 0 N–H and O–H groups in total. The minimum Gasteiger partial charge on any atom is -0.372 e. The van der Waals surface area contributed by atoms with Crippen molar-refractivity contribution in [2.75, 3.05) is 36.0 Å². The van der Waals surface area contributed by atoms with Gasteiger partial charge in [-0.3, -0.25) is 24.9 Å². The van der Waals surface area contributed by atoms with Crippen LogP contribution in [0.2, 0.25) is 0 Å². The average Bonchev–Trinajstić information content (AvgIpc) is 1.69. The standard InChI is InChI=1S/C16H19N.C15H23N.C14H22N2.2C13H21N.C13H16.2C12H19N/c1-16(2,3)14-9-10-17-15(12-14)11-13-7-5-4-6-8-13;1-15(2,3)13-8-7-9-14(12-13)16-10-5-4-6-11-16;1-14(2,3)12-7-8-15-13(11-12)16-9-5-4-6-10-16;1-12(2,3)10-7-8-14-11(9-10)13(4,5)6;1-10(2)8-12-9-11(6-7-14-12)13(3,4)5;1-13(2,3)12-9-5-7-10-6-4-8-11(10)12;2*1-5-6-11-9-10(7-8-13-11)12(2,3)4/h4-10,12H,11H2,1-3H3;7-9,12H,4-6,10-11H2,1-3H3;7-8,11H,4-6,9-10H2,1-3H3;7-9H,1-6H3;6-7,9-10H,8H2,1-5H3;4-5,7-9H,6H2,1-3H3;2*7-9H,5-6H2,1-4H3. The molecule has 9 aromatic rings. The lowest BCUT2D eigenvalue weighted by atomic mass is 9.83. The van der Waals surface area contributed by atoms with E-state index in [2.05, 4.69) is 406 Å². The number of nitrogens with zero attached hydrogens (tertiary/aromatic N) is 8. The van der Waals surface area contributed by atoms with Crippen molar-refractivity contribution in [2.24, 2.45) is 5.92 Å². The second kappa shape index (κ2) is 44.6. The van der Waals surface area contributed by atoms with Gasteiger partial charge < -0.3 is 9.80 Å². The zero-order valence-corrected chi connectivity index (χ0v) is 79.2. The number of pyridine rings is 6. The van der Waals surface area contributed by atoms with E-state index in [1.54, 1.807) is 0 Å². The summed E-state index contributed by atoms with van der Waals surface area (Å²) >= 11 is 0. The molecule has 12 rings (SSSR count). The Balaban J connectivity index is 0.000000237. The van der Waals surface area contributed by atoms with Gasteiger partial charge in [0.1, 0.15) is 5.82 Å². The molecule has 632 valence electrons. The van der Waals surface area contributed by atoms with E-state index in [0.29, 0.717) is 5.92 Å². The molecular formula is C108H160N8. The molecule has 2 saturated heterocycles. The molecule has 0 amide bonds. The van der Waals surface area contributed by atoms with Gasteiger partial charge in [-0.25, -0.2) is 4.98 Å². The van der Waals surface area contributed by atoms with Gasteiger partial charge in [0, 0.05) is 109 Å². The highest BCUT2D eigenvalue weighted by Gasteiger charge is 2.25. The van der Waals surface area contributed by atoms with E-state index < -0.39 is 0 Å². The van der Waals surface area contributed by atoms with Crippen molar-refractivity contribution >= 4 is 17.6 Å². The number of piperidine rings is 2. The Morgan fingerprint density at radius 3 is 1.14 bits per heavy atom. The Labute approximate surface area is 710 Å². The van der Waals surface area contributed by atoms with Crippen molar-refractivity contribution in [1.82, 2.24) is 29.9 Å². The average molecular weight is 1570 g/mol. The quantitative estimate of drug-likeness (QED) is 0.134. The van der Waals surface area contributed by atoms with Crippen LogP contribution in [-0.4, -0.2) is 56.1 Å². The normalized spacial score (nSPS) is 13.8. The second-order valence-corrected chi connectivity index (χ2v) is 42.1. The Kier molecular flexibility index (Phi) is 37.9. The van der Waals surface area contributed by atoms with Crippen molar-refractivity contribution in [3.05, 3.63) is 279 Å². The maximum Gasteiger partial charge on any atom is 0.128 e. The van der Waals surface area contributed by atoms with Crippen molar-refractivity contribution in [3.8, 4) is 0 Å². The molecule has 116 heavy (non-hydrogen) atoms. The molecule has 8 heterocycles. The van der Waals surface area contributed by atoms with Crippen molar-refractivity contribution in [2.45, 2.75) is 347 Å². The summed E-state index contributed by atoms with van der Waals surface area (Å²) in [5.41, 5.74) is 24.7. The predicted molar refractivity (Wildman–Crippen MR) is 507 cm³/mol. The first-order valence-corrected chi connectivity index (χ1v) is 44.2. The smallest absolute Gasteiger partial charge is 0.128 e. The number of hydrogen-bond donors (Lipinski definition) is 0. The number of aryl methyl sites for hydroxylation is 2. The van der Waals surface area contributed by atoms with Gasteiger partial charge in [-0.1, -0.05) is 300 Å². The Morgan fingerprint density at radius 2 is 0.707 bits per heavy atom. The summed E-state index contributed by atoms with van der Waals surface area (Å²) in [5.74, 6) is 1.84. The molecule has 2 fully saturated rings. The Hall–Kier alpha value is -8.10. The summed E-state index contributed by atoms with van der Waals surface area (Å²) in [4.78, 5) is 31.4. The highest BCUT2D eigenvalue weighted by molar-refractivity contribution is 5.64. The van der Waals surface area contributed by atoms with Crippen LogP contribution in [0.5, 0.6) is 0 Å². The van der Waals surface area contributed by atoms with Gasteiger partial charge in [-0.05, 0) is 260 Å². The molecule has 6 aromatic heterocycles. The topological polar surface area (TPSA) is 83.8 Å². The highest BCUT2D eigenvalue weighted by atomic mass is 15.2. The van der Waals surface area contributed by atoms with Gasteiger partial charge in [0.25, 0.3) is 0 Å². The van der Waals surface area contributed by atoms with Gasteiger partial charge in [0.05, 0.1) is 0 Å². The summed E-state index contributed by atoms with van der Waals surface area (Å²) in [6.07, 6.45) is 31.7. The molecule has 0 atom stereocenters. The summed E-state index contributed by atoms with van der Waals surface area (Å²) in [6, 6.07) is 52.2. The fourth-order valence-electron chi connectivity index (χ4n) is 13.8. The van der Waals surface area contributed by atoms with E-state index in [1.807, 2.05) is 43.2 Å². The van der Waals surface area contributed by atoms with E-state index in [1.165, 1.54) is 167 Å². The predicted octanol–water partition coefficient (Wildman–Crippen LogP) is 28.8. The SMILES string of the molecule is CC(C)(C)c1cccc(N2CCCCC2)c1.CC(C)(C)c1cccc2c1C=CC2.CC(C)(C)c1ccnc(C(C)(C)C)c1.CC(C)(C)c1ccnc(Cc2ccccc2)c1.CC(C)(C)c1ccnc(N2CCCCC2)c1.CC(C)Cc1cc(C(C)(C)C)ccn1.CCCc1cc(C(C)(C)C)ccn1.CCCc1cc(C(C)(C)C)ccn1. The third-order valence-corrected chi connectivity index (χ3v) is 21.3. The van der Waals surface area contributed by atoms with Gasteiger partial charge in [0.2, 0.25) is 0 Å². The first kappa shape index (κ1) is 98.5. The van der Waals surface area contributed by atoms with Crippen LogP contribution in [0.3, 0.4) is 0 Å². The summed E-state index contributed by atoms with van der Waals surface area (Å²) in [5, 5.41) is 0. The molecule has 3 aromatic carbocycles. The monoisotopic (exact) mass is 1570 g/mol. The zero-order chi connectivity index (χ0) is 86.5. The van der Waals surface area contributed by atoms with E-state index in [9.17, 15) is 0 Å². The maximum absolute atomic E-state index is 4.50. The first-order chi connectivity index (χ1) is 54.0. The zero-order valence-electron chi connectivity index (χ0n) is 79.2. The highest BCUT2D eigenvalue weighted by Crippen LogP contribution is 2.35. The Bertz CT molecular complexity index is 4190. The fraction of sp³-hybridized carbons (Fsp3) is 0.537. The molecule has 2 aliphatic heterocycles. The van der Waals surface area contributed by atoms with Crippen LogP contribution >= 0.6 is 0 Å².